The highest BCUT2D eigenvalue weighted by Crippen LogP contribution is 2.36. The molecule has 0 unspecified atom stereocenters. The fourth-order valence-electron chi connectivity index (χ4n) is 7.34. The van der Waals surface area contributed by atoms with Crippen LogP contribution >= 0.6 is 11.6 Å². The lowest BCUT2D eigenvalue weighted by molar-refractivity contribution is -0.00910. The van der Waals surface area contributed by atoms with Gasteiger partial charge in [-0.25, -0.2) is 13.8 Å². The van der Waals surface area contributed by atoms with Crippen LogP contribution in [0.2, 0.25) is 5.02 Å². The third kappa shape index (κ3) is 10.4. The van der Waals surface area contributed by atoms with Crippen LogP contribution in [0, 0.1) is 28.4 Å². The highest BCUT2D eigenvalue weighted by Gasteiger charge is 2.30. The zero-order valence-corrected chi connectivity index (χ0v) is 31.7. The molecule has 1 aromatic heterocycles. The van der Waals surface area contributed by atoms with Crippen molar-refractivity contribution < 1.29 is 27.8 Å². The van der Waals surface area contributed by atoms with Crippen LogP contribution in [0.1, 0.15) is 99.1 Å². The second-order valence-electron chi connectivity index (χ2n) is 15.9. The lowest BCUT2D eigenvalue weighted by atomic mass is 9.82. The van der Waals surface area contributed by atoms with E-state index >= 15 is 0 Å². The van der Waals surface area contributed by atoms with E-state index in [1.54, 1.807) is 24.3 Å². The molecular formula is C40H52ClF2N5O4. The summed E-state index contributed by atoms with van der Waals surface area (Å²) in [5.41, 5.74) is 6.87. The van der Waals surface area contributed by atoms with Gasteiger partial charge in [-0.05, 0) is 67.1 Å². The topological polar surface area (TPSA) is 110 Å². The average Bonchev–Trinajstić information content (AvgIpc) is 3.60. The first kappa shape index (κ1) is 39.4. The maximum Gasteiger partial charge on any atom is 0.257 e. The van der Waals surface area contributed by atoms with Gasteiger partial charge in [0.05, 0.1) is 29.4 Å². The number of rotatable bonds is 14. The molecule has 1 atom stereocenters. The minimum Gasteiger partial charge on any atom is -0.482 e. The Hall–Kier alpha value is -3.80. The molecule has 1 saturated heterocycles. The predicted octanol–water partition coefficient (Wildman–Crippen LogP) is 8.39. The molecule has 9 nitrogen and oxygen atoms in total. The Bertz CT molecular complexity index is 1710. The van der Waals surface area contributed by atoms with Gasteiger partial charge in [-0.3, -0.25) is 14.5 Å². The van der Waals surface area contributed by atoms with E-state index in [9.17, 15) is 18.4 Å². The van der Waals surface area contributed by atoms with Crippen LogP contribution in [0.3, 0.4) is 0 Å². The molecule has 52 heavy (non-hydrogen) atoms. The quantitative estimate of drug-likeness (QED) is 0.160. The summed E-state index contributed by atoms with van der Waals surface area (Å²) in [6.07, 6.45) is 6.85. The molecule has 2 amide bonds. The van der Waals surface area contributed by atoms with Crippen molar-refractivity contribution in [3.63, 3.8) is 0 Å². The Kier molecular flexibility index (Phi) is 12.8. The van der Waals surface area contributed by atoms with Gasteiger partial charge >= 0.3 is 0 Å². The largest absolute Gasteiger partial charge is 0.482 e. The van der Waals surface area contributed by atoms with E-state index in [1.807, 2.05) is 4.90 Å². The molecule has 0 bridgehead atoms. The molecule has 1 saturated carbocycles. The Morgan fingerprint density at radius 2 is 1.63 bits per heavy atom. The van der Waals surface area contributed by atoms with E-state index in [2.05, 4.69) is 42.9 Å². The van der Waals surface area contributed by atoms with Crippen LogP contribution < -0.4 is 15.8 Å². The van der Waals surface area contributed by atoms with Gasteiger partial charge in [0.1, 0.15) is 11.9 Å². The normalized spacial score (nSPS) is 16.6. The van der Waals surface area contributed by atoms with Crippen molar-refractivity contribution in [1.82, 2.24) is 14.8 Å². The second kappa shape index (κ2) is 16.9. The number of amides is 2. The van der Waals surface area contributed by atoms with Crippen LogP contribution in [-0.4, -0.2) is 72.5 Å². The number of nitrogen functional groups attached to an aromatic ring is 1. The number of halogens is 3. The number of anilines is 2. The third-order valence-corrected chi connectivity index (χ3v) is 10.2. The zero-order chi connectivity index (χ0) is 37.6. The number of pyridine rings is 1. The standard InChI is InChI=1S/C40H52ClF2N5O4/c1-26(34-32(42)15-14-31(41)35(34)43)52-33-20-29(22-45-36(33)44)37(49)46-30-12-10-28(11-13-30)38(50)48-18-16-47(17-19-48)23-40(4,5)25-51-24-39(2,3)21-27-8-6-7-9-27/h10-15,20,22,26-27H,6-9,16-19,21,23-25H2,1-5H3,(H2,44,45)(H,46,49)/t26-/m1/s1. The van der Waals surface area contributed by atoms with Gasteiger partial charge in [-0.1, -0.05) is 65.0 Å². The van der Waals surface area contributed by atoms with Crippen molar-refractivity contribution in [3.05, 3.63) is 82.0 Å². The molecule has 2 aromatic carbocycles. The van der Waals surface area contributed by atoms with Crippen LogP contribution in [0.15, 0.2) is 48.7 Å². The van der Waals surface area contributed by atoms with Gasteiger partial charge < -0.3 is 25.4 Å². The maximum absolute atomic E-state index is 14.5. The van der Waals surface area contributed by atoms with E-state index in [4.69, 9.17) is 26.8 Å². The number of carbonyl (C=O) groups is 2. The number of carbonyl (C=O) groups excluding carboxylic acids is 2. The summed E-state index contributed by atoms with van der Waals surface area (Å²) in [6, 6.07) is 10.2. The third-order valence-electron chi connectivity index (χ3n) is 9.94. The minimum atomic E-state index is -1.12. The average molecular weight is 740 g/mol. The van der Waals surface area contributed by atoms with Crippen molar-refractivity contribution in [2.45, 2.75) is 72.8 Å². The monoisotopic (exact) mass is 739 g/mol. The van der Waals surface area contributed by atoms with Gasteiger partial charge in [0.2, 0.25) is 0 Å². The summed E-state index contributed by atoms with van der Waals surface area (Å²) in [5.74, 6) is -1.58. The summed E-state index contributed by atoms with van der Waals surface area (Å²) in [5, 5.41) is 2.52. The lowest BCUT2D eigenvalue weighted by Crippen LogP contribution is -2.51. The van der Waals surface area contributed by atoms with Gasteiger partial charge in [0, 0.05) is 55.6 Å². The van der Waals surface area contributed by atoms with E-state index in [-0.39, 0.29) is 44.5 Å². The molecular weight excluding hydrogens is 688 g/mol. The summed E-state index contributed by atoms with van der Waals surface area (Å²) < 4.78 is 40.9. The van der Waals surface area contributed by atoms with Crippen molar-refractivity contribution in [3.8, 4) is 5.75 Å². The van der Waals surface area contributed by atoms with E-state index < -0.39 is 23.6 Å². The first-order valence-corrected chi connectivity index (χ1v) is 18.5. The number of aromatic nitrogens is 1. The summed E-state index contributed by atoms with van der Waals surface area (Å²) in [6.45, 7) is 15.8. The summed E-state index contributed by atoms with van der Waals surface area (Å²) in [4.78, 5) is 34.7. The SMILES string of the molecule is C[C@@H](Oc1cc(C(=O)Nc2ccc(C(=O)N3CCN(CC(C)(C)COCC(C)(C)CC4CCCC4)CC3)cc2)cnc1N)c1c(F)ccc(Cl)c1F. The van der Waals surface area contributed by atoms with E-state index in [0.717, 1.165) is 44.3 Å². The fraction of sp³-hybridized carbons (Fsp3) is 0.525. The van der Waals surface area contributed by atoms with E-state index in [1.165, 1.54) is 51.3 Å². The second-order valence-corrected chi connectivity index (χ2v) is 16.3. The maximum atomic E-state index is 14.5. The Balaban J connectivity index is 1.08. The molecule has 0 radical (unpaired) electrons. The Morgan fingerprint density at radius 3 is 2.31 bits per heavy atom. The molecule has 3 N–H and O–H groups in total. The Morgan fingerprint density at radius 1 is 0.981 bits per heavy atom. The summed E-state index contributed by atoms with van der Waals surface area (Å²) >= 11 is 5.82. The summed E-state index contributed by atoms with van der Waals surface area (Å²) in [7, 11) is 0. The van der Waals surface area contributed by atoms with Gasteiger partial charge in [0.15, 0.2) is 17.4 Å². The first-order chi connectivity index (χ1) is 24.6. The van der Waals surface area contributed by atoms with Crippen LogP contribution in [0.5, 0.6) is 5.75 Å². The molecule has 2 heterocycles. The molecule has 5 rings (SSSR count). The van der Waals surface area contributed by atoms with Crippen molar-refractivity contribution in [1.29, 1.82) is 0 Å². The van der Waals surface area contributed by atoms with Crippen molar-refractivity contribution in [2.24, 2.45) is 16.7 Å². The first-order valence-electron chi connectivity index (χ1n) is 18.2. The highest BCUT2D eigenvalue weighted by molar-refractivity contribution is 6.30. The number of benzene rings is 2. The van der Waals surface area contributed by atoms with Crippen LogP contribution in [-0.2, 0) is 4.74 Å². The minimum absolute atomic E-state index is 0.00110. The highest BCUT2D eigenvalue weighted by atomic mass is 35.5. The predicted molar refractivity (Wildman–Crippen MR) is 201 cm³/mol. The molecule has 1 aliphatic heterocycles. The number of nitrogens with zero attached hydrogens (tertiary/aromatic N) is 3. The number of ether oxygens (including phenoxy) is 2. The number of nitrogens with two attached hydrogens (primary N) is 1. The Labute approximate surface area is 311 Å². The number of nitrogens with one attached hydrogen (secondary N) is 1. The molecule has 2 aliphatic rings. The van der Waals surface area contributed by atoms with Gasteiger partial charge in [-0.15, -0.1) is 0 Å². The molecule has 2 fully saturated rings. The number of hydrogen-bond acceptors (Lipinski definition) is 7. The lowest BCUT2D eigenvalue weighted by Gasteiger charge is -2.39. The molecule has 1 aliphatic carbocycles. The molecule has 0 spiro atoms. The van der Waals surface area contributed by atoms with Gasteiger partial charge in [0.25, 0.3) is 11.8 Å². The van der Waals surface area contributed by atoms with Gasteiger partial charge in [-0.2, -0.15) is 0 Å². The number of hydrogen-bond donors (Lipinski definition) is 2. The smallest absolute Gasteiger partial charge is 0.257 e. The molecule has 282 valence electrons. The van der Waals surface area contributed by atoms with Crippen LogP contribution in [0.4, 0.5) is 20.3 Å². The van der Waals surface area contributed by atoms with Crippen LogP contribution in [0.25, 0.3) is 0 Å². The zero-order valence-electron chi connectivity index (χ0n) is 30.9. The van der Waals surface area contributed by atoms with Crippen molar-refractivity contribution >= 4 is 34.9 Å². The van der Waals surface area contributed by atoms with Crippen molar-refractivity contribution in [2.75, 3.05) is 57.0 Å². The fourth-order valence-corrected chi connectivity index (χ4v) is 7.50. The van der Waals surface area contributed by atoms with E-state index in [0.29, 0.717) is 30.9 Å². The number of piperazine rings is 1. The molecule has 12 heteroatoms. The molecule has 3 aromatic rings.